The summed E-state index contributed by atoms with van der Waals surface area (Å²) in [5.74, 6) is -0.238. The Morgan fingerprint density at radius 3 is 1.32 bits per heavy atom. The highest BCUT2D eigenvalue weighted by Gasteiger charge is 2.43. The van der Waals surface area contributed by atoms with Gasteiger partial charge in [0.25, 0.3) is 0 Å². The van der Waals surface area contributed by atoms with E-state index in [1.807, 2.05) is 97.1 Å². The normalized spacial score (nSPS) is 19.0. The maximum atomic E-state index is 13.5. The van der Waals surface area contributed by atoms with E-state index in [4.69, 9.17) is 0 Å². The number of carbonyl (C=O) groups is 2. The van der Waals surface area contributed by atoms with Crippen molar-refractivity contribution in [2.75, 3.05) is 0 Å². The third-order valence-electron chi connectivity index (χ3n) is 6.71. The van der Waals surface area contributed by atoms with Crippen molar-refractivity contribution in [2.45, 2.75) is 18.3 Å². The molecule has 2 aliphatic carbocycles. The first-order valence-corrected chi connectivity index (χ1v) is 10.7. The minimum atomic E-state index is -0.249. The van der Waals surface area contributed by atoms with Gasteiger partial charge in [-0.15, -0.1) is 0 Å². The molecule has 0 amide bonds. The zero-order valence-corrected chi connectivity index (χ0v) is 16.9. The maximum absolute atomic E-state index is 13.5. The van der Waals surface area contributed by atoms with Crippen molar-refractivity contribution in [3.05, 3.63) is 119 Å². The predicted molar refractivity (Wildman–Crippen MR) is 123 cm³/mol. The van der Waals surface area contributed by atoms with Crippen molar-refractivity contribution in [2.24, 2.45) is 0 Å². The second-order valence-corrected chi connectivity index (χ2v) is 8.41. The van der Waals surface area contributed by atoms with Crippen LogP contribution in [-0.2, 0) is 0 Å². The van der Waals surface area contributed by atoms with Gasteiger partial charge in [-0.2, -0.15) is 0 Å². The van der Waals surface area contributed by atoms with Gasteiger partial charge in [-0.3, -0.25) is 9.59 Å². The van der Waals surface area contributed by atoms with Crippen LogP contribution in [-0.4, -0.2) is 11.6 Å². The van der Waals surface area contributed by atoms with Gasteiger partial charge in [-0.1, -0.05) is 84.9 Å². The molecular formula is C29H20O2. The number of rotatable bonds is 2. The molecule has 0 fully saturated rings. The summed E-state index contributed by atoms with van der Waals surface area (Å²) in [5.41, 5.74) is 7.34. The highest BCUT2D eigenvalue weighted by atomic mass is 16.1. The number of hydrogen-bond acceptors (Lipinski definition) is 2. The number of hydrogen-bond donors (Lipinski definition) is 0. The van der Waals surface area contributed by atoms with Crippen molar-refractivity contribution in [1.29, 1.82) is 0 Å². The first-order chi connectivity index (χ1) is 15.2. The minimum Gasteiger partial charge on any atom is -0.293 e. The number of Topliss-reactive ketones (excluding diaryl/α,β-unsaturated/α-hetero) is 2. The van der Waals surface area contributed by atoms with Crippen molar-refractivity contribution in [3.8, 4) is 22.3 Å². The summed E-state index contributed by atoms with van der Waals surface area (Å²) < 4.78 is 0. The van der Waals surface area contributed by atoms with Crippen LogP contribution in [0, 0.1) is 0 Å². The van der Waals surface area contributed by atoms with Gasteiger partial charge >= 0.3 is 0 Å². The topological polar surface area (TPSA) is 34.1 Å². The summed E-state index contributed by atoms with van der Waals surface area (Å²) in [7, 11) is 0. The molecule has 2 aliphatic rings. The van der Waals surface area contributed by atoms with Gasteiger partial charge in [0.15, 0.2) is 11.6 Å². The second-order valence-electron chi connectivity index (χ2n) is 8.41. The summed E-state index contributed by atoms with van der Waals surface area (Å²) in [6.07, 6.45) is 0.576. The van der Waals surface area contributed by atoms with Gasteiger partial charge in [0.2, 0.25) is 0 Å². The molecule has 2 atom stereocenters. The van der Waals surface area contributed by atoms with E-state index in [0.29, 0.717) is 17.5 Å². The lowest BCUT2D eigenvalue weighted by atomic mass is 9.65. The smallest absolute Gasteiger partial charge is 0.170 e. The van der Waals surface area contributed by atoms with Crippen LogP contribution in [0.4, 0.5) is 0 Å². The zero-order chi connectivity index (χ0) is 20.9. The van der Waals surface area contributed by atoms with Crippen molar-refractivity contribution >= 4 is 11.6 Å². The highest BCUT2D eigenvalue weighted by molar-refractivity contribution is 6.14. The van der Waals surface area contributed by atoms with E-state index in [-0.39, 0.29) is 23.4 Å². The van der Waals surface area contributed by atoms with Gasteiger partial charge in [0.05, 0.1) is 0 Å². The van der Waals surface area contributed by atoms with Crippen LogP contribution < -0.4 is 0 Å². The summed E-state index contributed by atoms with van der Waals surface area (Å²) in [4.78, 5) is 27.0. The van der Waals surface area contributed by atoms with E-state index >= 15 is 0 Å². The Balaban J connectivity index is 1.46. The first-order valence-electron chi connectivity index (χ1n) is 10.7. The Morgan fingerprint density at radius 2 is 0.903 bits per heavy atom. The number of carbonyl (C=O) groups excluding carboxylic acids is 2. The molecule has 0 aromatic heterocycles. The molecule has 0 unspecified atom stereocenters. The van der Waals surface area contributed by atoms with E-state index in [1.54, 1.807) is 0 Å². The molecular weight excluding hydrogens is 380 g/mol. The molecule has 0 saturated heterocycles. The molecule has 4 aromatic rings. The zero-order valence-electron chi connectivity index (χ0n) is 16.9. The predicted octanol–water partition coefficient (Wildman–Crippen LogP) is 6.67. The monoisotopic (exact) mass is 400 g/mol. The van der Waals surface area contributed by atoms with Crippen molar-refractivity contribution in [1.82, 2.24) is 0 Å². The van der Waals surface area contributed by atoms with Gasteiger partial charge < -0.3 is 0 Å². The lowest BCUT2D eigenvalue weighted by Gasteiger charge is -2.36. The number of benzene rings is 4. The van der Waals surface area contributed by atoms with Crippen LogP contribution in [0.25, 0.3) is 22.3 Å². The molecule has 6 rings (SSSR count). The fourth-order valence-corrected chi connectivity index (χ4v) is 5.13. The molecule has 2 heteroatoms. The molecule has 2 bridgehead atoms. The Hall–Kier alpha value is -3.78. The third kappa shape index (κ3) is 2.79. The lowest BCUT2D eigenvalue weighted by Crippen LogP contribution is -2.34. The van der Waals surface area contributed by atoms with Gasteiger partial charge in [0.1, 0.15) is 0 Å². The molecule has 4 aromatic carbocycles. The molecule has 0 N–H and O–H groups in total. The Bertz CT molecular complexity index is 1230. The maximum Gasteiger partial charge on any atom is 0.170 e. The van der Waals surface area contributed by atoms with Crippen molar-refractivity contribution in [3.63, 3.8) is 0 Å². The van der Waals surface area contributed by atoms with Crippen LogP contribution >= 0.6 is 0 Å². The van der Waals surface area contributed by atoms with E-state index in [0.717, 1.165) is 33.4 Å². The molecule has 0 radical (unpaired) electrons. The Labute approximate surface area is 181 Å². The Kier molecular flexibility index (Phi) is 4.00. The van der Waals surface area contributed by atoms with Crippen LogP contribution in [0.5, 0.6) is 0 Å². The largest absolute Gasteiger partial charge is 0.293 e. The summed E-state index contributed by atoms with van der Waals surface area (Å²) >= 11 is 0. The van der Waals surface area contributed by atoms with Gasteiger partial charge in [-0.05, 0) is 51.9 Å². The quantitative estimate of drug-likeness (QED) is 0.376. The van der Waals surface area contributed by atoms with Crippen LogP contribution in [0.3, 0.4) is 0 Å². The SMILES string of the molecule is O=C1c2cc(-c3ccccc3)ccc2[C@@H]2C[C@H]1c1ccc(-c3ccccc3)cc1C2=O. The summed E-state index contributed by atoms with van der Waals surface area (Å²) in [6.45, 7) is 0. The third-order valence-corrected chi connectivity index (χ3v) is 6.71. The van der Waals surface area contributed by atoms with Crippen LogP contribution in [0.2, 0.25) is 0 Å². The average Bonchev–Trinajstić information content (AvgIpc) is 2.84. The highest BCUT2D eigenvalue weighted by Crippen LogP contribution is 2.48. The van der Waals surface area contributed by atoms with E-state index in [2.05, 4.69) is 0 Å². The standard InChI is InChI=1S/C29H20O2/c30-28-24-15-20(18-7-3-1-4-8-18)11-13-22(24)26-17-27(28)23-14-12-21(16-25(23)29(26)31)19-9-5-2-6-10-19/h1-16,26-27H,17H2/t26-,27-/m0/s1. The fourth-order valence-electron chi connectivity index (χ4n) is 5.13. The average molecular weight is 400 g/mol. The lowest BCUT2D eigenvalue weighted by molar-refractivity contribution is 0.0875. The van der Waals surface area contributed by atoms with Crippen LogP contribution in [0.15, 0.2) is 97.1 Å². The second kappa shape index (κ2) is 6.88. The van der Waals surface area contributed by atoms with Crippen LogP contribution in [0.1, 0.15) is 50.1 Å². The summed E-state index contributed by atoms with van der Waals surface area (Å²) in [6, 6.07) is 32.1. The molecule has 0 saturated carbocycles. The first kappa shape index (κ1) is 18.0. The minimum absolute atomic E-state index is 0.130. The van der Waals surface area contributed by atoms with E-state index < -0.39 is 0 Å². The molecule has 31 heavy (non-hydrogen) atoms. The Morgan fingerprint density at radius 1 is 0.484 bits per heavy atom. The van der Waals surface area contributed by atoms with Crippen molar-refractivity contribution < 1.29 is 9.59 Å². The number of ketones is 2. The molecule has 148 valence electrons. The number of fused-ring (bicyclic) bond motifs is 6. The molecule has 0 spiro atoms. The molecule has 0 heterocycles. The van der Waals surface area contributed by atoms with Gasteiger partial charge in [-0.25, -0.2) is 0 Å². The summed E-state index contributed by atoms with van der Waals surface area (Å²) in [5, 5.41) is 0. The van der Waals surface area contributed by atoms with E-state index in [9.17, 15) is 9.59 Å². The molecule has 2 nitrogen and oxygen atoms in total. The van der Waals surface area contributed by atoms with E-state index in [1.165, 1.54) is 0 Å². The molecule has 0 aliphatic heterocycles. The van der Waals surface area contributed by atoms with Gasteiger partial charge in [0, 0.05) is 23.0 Å². The fraction of sp³-hybridized carbons (Fsp3) is 0.103.